The van der Waals surface area contributed by atoms with Gasteiger partial charge in [-0.3, -0.25) is 4.79 Å². The number of hydrogen-bond acceptors (Lipinski definition) is 2. The minimum atomic E-state index is -0.351. The lowest BCUT2D eigenvalue weighted by atomic mass is 9.75. The molecular formula is C13H20O2. The molecule has 0 fully saturated rings. The largest absolute Gasteiger partial charge is 0.468 e. The van der Waals surface area contributed by atoms with E-state index < -0.39 is 0 Å². The lowest BCUT2D eigenvalue weighted by Crippen LogP contribution is -2.31. The van der Waals surface area contributed by atoms with Crippen molar-refractivity contribution in [2.24, 2.45) is 5.41 Å². The van der Waals surface area contributed by atoms with Crippen LogP contribution in [0.25, 0.3) is 0 Å². The molecule has 2 nitrogen and oxygen atoms in total. The molecule has 1 atom stereocenters. The van der Waals surface area contributed by atoms with Crippen molar-refractivity contribution in [3.05, 3.63) is 24.8 Å². The second-order valence-corrected chi connectivity index (χ2v) is 4.12. The maximum atomic E-state index is 11.8. The van der Waals surface area contributed by atoms with E-state index in [2.05, 4.69) is 12.7 Å². The number of unbranched alkanes of at least 4 members (excludes halogenated alkanes) is 1. The number of allylic oxidation sites excluding steroid dienone is 2. The average Bonchev–Trinajstić information content (AvgIpc) is 2.29. The van der Waals surface area contributed by atoms with Crippen molar-refractivity contribution in [3.63, 3.8) is 0 Å². The summed E-state index contributed by atoms with van der Waals surface area (Å²) in [7, 11) is 1.47. The Morgan fingerprint density at radius 2 is 2.47 bits per heavy atom. The minimum absolute atomic E-state index is 0.0810. The van der Waals surface area contributed by atoms with Crippen LogP contribution in [0.15, 0.2) is 24.8 Å². The molecule has 0 bridgehead atoms. The second-order valence-electron chi connectivity index (χ2n) is 4.12. The van der Waals surface area contributed by atoms with Crippen molar-refractivity contribution in [3.8, 4) is 0 Å². The highest BCUT2D eigenvalue weighted by Crippen LogP contribution is 2.37. The SMILES string of the molecule is C=CCCCC1(C(=O)OC)C=CCCC1. The summed E-state index contributed by atoms with van der Waals surface area (Å²) < 4.78 is 4.91. The third kappa shape index (κ3) is 2.95. The number of rotatable bonds is 5. The highest BCUT2D eigenvalue weighted by atomic mass is 16.5. The van der Waals surface area contributed by atoms with Gasteiger partial charge in [-0.15, -0.1) is 6.58 Å². The maximum absolute atomic E-state index is 11.8. The van der Waals surface area contributed by atoms with E-state index in [1.807, 2.05) is 12.2 Å². The first-order chi connectivity index (χ1) is 7.25. The van der Waals surface area contributed by atoms with E-state index in [0.29, 0.717) is 0 Å². The molecule has 0 saturated carbocycles. The minimum Gasteiger partial charge on any atom is -0.468 e. The van der Waals surface area contributed by atoms with E-state index in [0.717, 1.165) is 38.5 Å². The molecule has 0 aromatic carbocycles. The molecule has 0 radical (unpaired) electrons. The molecule has 0 saturated heterocycles. The van der Waals surface area contributed by atoms with Gasteiger partial charge in [-0.1, -0.05) is 18.2 Å². The first-order valence-corrected chi connectivity index (χ1v) is 5.62. The Hall–Kier alpha value is -1.05. The first kappa shape index (κ1) is 12.0. The molecule has 1 unspecified atom stereocenters. The van der Waals surface area contributed by atoms with Crippen molar-refractivity contribution in [2.75, 3.05) is 7.11 Å². The Balaban J connectivity index is 2.67. The summed E-state index contributed by atoms with van der Waals surface area (Å²) in [6.45, 7) is 3.70. The van der Waals surface area contributed by atoms with Gasteiger partial charge in [0.05, 0.1) is 12.5 Å². The van der Waals surface area contributed by atoms with E-state index >= 15 is 0 Å². The summed E-state index contributed by atoms with van der Waals surface area (Å²) in [6.07, 6.45) is 12.0. The number of carbonyl (C=O) groups is 1. The van der Waals surface area contributed by atoms with Gasteiger partial charge in [-0.05, 0) is 38.5 Å². The quantitative estimate of drug-likeness (QED) is 0.394. The van der Waals surface area contributed by atoms with Crippen molar-refractivity contribution in [1.82, 2.24) is 0 Å². The number of methoxy groups -OCH3 is 1. The van der Waals surface area contributed by atoms with Crippen LogP contribution in [0.3, 0.4) is 0 Å². The highest BCUT2D eigenvalue weighted by Gasteiger charge is 2.36. The van der Waals surface area contributed by atoms with Crippen molar-refractivity contribution in [2.45, 2.75) is 38.5 Å². The Labute approximate surface area is 92.0 Å². The van der Waals surface area contributed by atoms with Gasteiger partial charge in [0.15, 0.2) is 0 Å². The van der Waals surface area contributed by atoms with Gasteiger partial charge in [-0.2, -0.15) is 0 Å². The van der Waals surface area contributed by atoms with Crippen molar-refractivity contribution in [1.29, 1.82) is 0 Å². The standard InChI is InChI=1S/C13H20O2/c1-3-4-6-9-13(12(14)15-2)10-7-5-8-11-13/h3,7,10H,1,4-6,8-9,11H2,2H3. The molecule has 2 heteroatoms. The molecule has 15 heavy (non-hydrogen) atoms. The van der Waals surface area contributed by atoms with Crippen molar-refractivity contribution >= 4 is 5.97 Å². The van der Waals surface area contributed by atoms with Crippen LogP contribution in [0.2, 0.25) is 0 Å². The average molecular weight is 208 g/mol. The predicted molar refractivity (Wildman–Crippen MR) is 61.5 cm³/mol. The van der Waals surface area contributed by atoms with E-state index in [4.69, 9.17) is 4.74 Å². The molecule has 1 rings (SSSR count). The van der Waals surface area contributed by atoms with Crippen LogP contribution in [0, 0.1) is 5.41 Å². The highest BCUT2D eigenvalue weighted by molar-refractivity contribution is 5.79. The second kappa shape index (κ2) is 5.74. The number of ether oxygens (including phenoxy) is 1. The van der Waals surface area contributed by atoms with Gasteiger partial charge in [0.1, 0.15) is 0 Å². The summed E-state index contributed by atoms with van der Waals surface area (Å²) in [6, 6.07) is 0. The van der Waals surface area contributed by atoms with Gasteiger partial charge in [0.25, 0.3) is 0 Å². The fourth-order valence-corrected chi connectivity index (χ4v) is 2.17. The van der Waals surface area contributed by atoms with Crippen LogP contribution in [0.1, 0.15) is 38.5 Å². The molecule has 0 N–H and O–H groups in total. The first-order valence-electron chi connectivity index (χ1n) is 5.62. The monoisotopic (exact) mass is 208 g/mol. The smallest absolute Gasteiger partial charge is 0.315 e. The number of carbonyl (C=O) groups excluding carboxylic acids is 1. The molecule has 0 aromatic heterocycles. The lowest BCUT2D eigenvalue weighted by Gasteiger charge is -2.30. The van der Waals surface area contributed by atoms with Gasteiger partial charge in [0.2, 0.25) is 0 Å². The number of esters is 1. The molecule has 0 heterocycles. The fraction of sp³-hybridized carbons (Fsp3) is 0.615. The van der Waals surface area contributed by atoms with Crippen LogP contribution < -0.4 is 0 Å². The molecule has 0 spiro atoms. The van der Waals surface area contributed by atoms with Crippen LogP contribution in [-0.4, -0.2) is 13.1 Å². The summed E-state index contributed by atoms with van der Waals surface area (Å²) >= 11 is 0. The third-order valence-electron chi connectivity index (χ3n) is 3.05. The van der Waals surface area contributed by atoms with Gasteiger partial charge < -0.3 is 4.74 Å². The summed E-state index contributed by atoms with van der Waals surface area (Å²) in [4.78, 5) is 11.8. The van der Waals surface area contributed by atoms with E-state index in [9.17, 15) is 4.79 Å². The zero-order valence-corrected chi connectivity index (χ0v) is 9.50. The molecule has 1 aliphatic carbocycles. The topological polar surface area (TPSA) is 26.3 Å². The maximum Gasteiger partial charge on any atom is 0.315 e. The molecular weight excluding hydrogens is 188 g/mol. The predicted octanol–water partition coefficient (Wildman–Crippen LogP) is 3.24. The normalized spacial score (nSPS) is 24.9. The molecule has 1 aliphatic rings. The Morgan fingerprint density at radius 1 is 1.67 bits per heavy atom. The zero-order valence-electron chi connectivity index (χ0n) is 9.50. The summed E-state index contributed by atoms with van der Waals surface area (Å²) in [5, 5.41) is 0. The Morgan fingerprint density at radius 3 is 3.00 bits per heavy atom. The van der Waals surface area contributed by atoms with E-state index in [-0.39, 0.29) is 11.4 Å². The lowest BCUT2D eigenvalue weighted by molar-refractivity contribution is -0.150. The van der Waals surface area contributed by atoms with Gasteiger partial charge in [-0.25, -0.2) is 0 Å². The molecule has 84 valence electrons. The van der Waals surface area contributed by atoms with Crippen LogP contribution >= 0.6 is 0 Å². The van der Waals surface area contributed by atoms with Crippen LogP contribution in [-0.2, 0) is 9.53 Å². The van der Waals surface area contributed by atoms with Gasteiger partial charge >= 0.3 is 5.97 Å². The summed E-state index contributed by atoms with van der Waals surface area (Å²) in [5.74, 6) is -0.0810. The number of hydrogen-bond donors (Lipinski definition) is 0. The van der Waals surface area contributed by atoms with Crippen molar-refractivity contribution < 1.29 is 9.53 Å². The fourth-order valence-electron chi connectivity index (χ4n) is 2.17. The Kier molecular flexibility index (Phi) is 4.60. The zero-order chi connectivity index (χ0) is 11.1. The van der Waals surface area contributed by atoms with Gasteiger partial charge in [0, 0.05) is 0 Å². The van der Waals surface area contributed by atoms with Crippen LogP contribution in [0.4, 0.5) is 0 Å². The van der Waals surface area contributed by atoms with E-state index in [1.54, 1.807) is 0 Å². The summed E-state index contributed by atoms with van der Waals surface area (Å²) in [5.41, 5.74) is -0.351. The molecule has 0 aromatic rings. The van der Waals surface area contributed by atoms with E-state index in [1.165, 1.54) is 7.11 Å². The molecule has 0 amide bonds. The van der Waals surface area contributed by atoms with Crippen LogP contribution in [0.5, 0.6) is 0 Å². The molecule has 0 aliphatic heterocycles. The Bertz CT molecular complexity index is 255. The third-order valence-corrected chi connectivity index (χ3v) is 3.05.